The lowest BCUT2D eigenvalue weighted by Gasteiger charge is -2.13. The summed E-state index contributed by atoms with van der Waals surface area (Å²) >= 11 is 0. The topological polar surface area (TPSA) is 39.1 Å². The Bertz CT molecular complexity index is 968. The van der Waals surface area contributed by atoms with Crippen LogP contribution in [0.1, 0.15) is 39.6 Å². The van der Waals surface area contributed by atoms with Crippen molar-refractivity contribution in [2.75, 3.05) is 0 Å². The van der Waals surface area contributed by atoms with Crippen LogP contribution in [-0.2, 0) is 0 Å². The summed E-state index contributed by atoms with van der Waals surface area (Å²) < 4.78 is 1.80. The fraction of sp³-hybridized carbons (Fsp3) is 0.182. The highest BCUT2D eigenvalue weighted by Crippen LogP contribution is 2.40. The van der Waals surface area contributed by atoms with Gasteiger partial charge in [-0.1, -0.05) is 54.6 Å². The van der Waals surface area contributed by atoms with E-state index in [2.05, 4.69) is 12.6 Å². The van der Waals surface area contributed by atoms with E-state index < -0.39 is 0 Å². The first-order valence-corrected chi connectivity index (χ1v) is 8.56. The first-order valence-electron chi connectivity index (χ1n) is 8.56. The molecule has 3 nitrogen and oxygen atoms in total. The van der Waals surface area contributed by atoms with Gasteiger partial charge < -0.3 is 0 Å². The lowest BCUT2D eigenvalue weighted by atomic mass is 9.87. The number of nitrogens with zero attached hydrogens (tertiary/aromatic N) is 1. The SMILES string of the molecule is C=C[C@@H]1c2cc3ccccc3n2C(=O)[C@H]1CCC(=O)c1ccccc1. The van der Waals surface area contributed by atoms with Crippen molar-refractivity contribution in [2.24, 2.45) is 5.92 Å². The summed E-state index contributed by atoms with van der Waals surface area (Å²) in [7, 11) is 0. The van der Waals surface area contributed by atoms with Crippen molar-refractivity contribution in [2.45, 2.75) is 18.8 Å². The number of ketones is 1. The molecular formula is C22H19NO2. The molecule has 0 radical (unpaired) electrons. The molecule has 25 heavy (non-hydrogen) atoms. The third-order valence-corrected chi connectivity index (χ3v) is 5.08. The van der Waals surface area contributed by atoms with E-state index in [1.807, 2.05) is 60.7 Å². The fourth-order valence-corrected chi connectivity index (χ4v) is 3.84. The summed E-state index contributed by atoms with van der Waals surface area (Å²) in [6.45, 7) is 3.93. The van der Waals surface area contributed by atoms with Crippen molar-refractivity contribution in [3.05, 3.63) is 84.6 Å². The second-order valence-corrected chi connectivity index (χ2v) is 6.50. The van der Waals surface area contributed by atoms with Crippen LogP contribution in [0.25, 0.3) is 10.9 Å². The zero-order valence-electron chi connectivity index (χ0n) is 13.9. The van der Waals surface area contributed by atoms with Crippen LogP contribution in [0, 0.1) is 5.92 Å². The molecule has 0 spiro atoms. The highest BCUT2D eigenvalue weighted by atomic mass is 16.2. The Morgan fingerprint density at radius 2 is 1.80 bits per heavy atom. The summed E-state index contributed by atoms with van der Waals surface area (Å²) in [5.41, 5.74) is 2.62. The Hall–Kier alpha value is -2.94. The molecule has 0 fully saturated rings. The number of rotatable bonds is 5. The van der Waals surface area contributed by atoms with Crippen molar-refractivity contribution in [1.29, 1.82) is 0 Å². The fourth-order valence-electron chi connectivity index (χ4n) is 3.84. The van der Waals surface area contributed by atoms with Gasteiger partial charge in [0, 0.05) is 29.0 Å². The summed E-state index contributed by atoms with van der Waals surface area (Å²) in [6, 6.07) is 19.2. The van der Waals surface area contributed by atoms with Gasteiger partial charge in [0.25, 0.3) is 0 Å². The van der Waals surface area contributed by atoms with E-state index in [0.29, 0.717) is 18.4 Å². The Morgan fingerprint density at radius 1 is 1.08 bits per heavy atom. The first kappa shape index (κ1) is 15.6. The van der Waals surface area contributed by atoms with Gasteiger partial charge in [0.05, 0.1) is 11.4 Å². The van der Waals surface area contributed by atoms with Crippen molar-refractivity contribution in [3.8, 4) is 0 Å². The molecule has 2 heterocycles. The van der Waals surface area contributed by atoms with Gasteiger partial charge in [-0.05, 0) is 18.6 Å². The van der Waals surface area contributed by atoms with E-state index in [-0.39, 0.29) is 23.5 Å². The standard InChI is InChI=1S/C22H19NO2/c1-2-17-18(12-13-21(24)15-8-4-3-5-9-15)22(25)23-19-11-7-6-10-16(19)14-20(17)23/h2-11,14,17-18H,1,12-13H2/t17-,18-/m0/s1. The molecule has 124 valence electrons. The third-order valence-electron chi connectivity index (χ3n) is 5.08. The van der Waals surface area contributed by atoms with Crippen LogP contribution in [0.15, 0.2) is 73.3 Å². The molecule has 1 aromatic heterocycles. The zero-order chi connectivity index (χ0) is 17.4. The van der Waals surface area contributed by atoms with Gasteiger partial charge in [0.2, 0.25) is 5.91 Å². The van der Waals surface area contributed by atoms with Crippen LogP contribution in [0.5, 0.6) is 0 Å². The van der Waals surface area contributed by atoms with E-state index in [9.17, 15) is 9.59 Å². The molecule has 4 rings (SSSR count). The first-order chi connectivity index (χ1) is 12.2. The lowest BCUT2D eigenvalue weighted by Crippen LogP contribution is -2.17. The summed E-state index contributed by atoms with van der Waals surface area (Å²) in [4.78, 5) is 25.4. The molecule has 0 bridgehead atoms. The van der Waals surface area contributed by atoms with Gasteiger partial charge in [-0.2, -0.15) is 0 Å². The molecule has 1 aliphatic heterocycles. The van der Waals surface area contributed by atoms with Crippen molar-refractivity contribution in [1.82, 2.24) is 4.57 Å². The molecule has 0 saturated heterocycles. The Balaban J connectivity index is 1.59. The van der Waals surface area contributed by atoms with Crippen LogP contribution >= 0.6 is 0 Å². The number of fused-ring (bicyclic) bond motifs is 3. The quantitative estimate of drug-likeness (QED) is 0.496. The molecular weight excluding hydrogens is 310 g/mol. The van der Waals surface area contributed by atoms with Crippen LogP contribution in [0.3, 0.4) is 0 Å². The highest BCUT2D eigenvalue weighted by Gasteiger charge is 2.39. The van der Waals surface area contributed by atoms with E-state index >= 15 is 0 Å². The molecule has 0 saturated carbocycles. The number of Topliss-reactive ketones (excluding diaryl/α,β-unsaturated/α-hetero) is 1. The van der Waals surface area contributed by atoms with E-state index in [4.69, 9.17) is 0 Å². The average molecular weight is 329 g/mol. The van der Waals surface area contributed by atoms with Crippen LogP contribution in [-0.4, -0.2) is 16.3 Å². The minimum absolute atomic E-state index is 0.0385. The number of hydrogen-bond donors (Lipinski definition) is 0. The van der Waals surface area contributed by atoms with Crippen molar-refractivity contribution >= 4 is 22.6 Å². The second kappa shape index (κ2) is 6.17. The van der Waals surface area contributed by atoms with E-state index in [0.717, 1.165) is 16.6 Å². The van der Waals surface area contributed by atoms with Crippen LogP contribution in [0.2, 0.25) is 0 Å². The largest absolute Gasteiger partial charge is 0.294 e. The lowest BCUT2D eigenvalue weighted by molar-refractivity contribution is 0.0848. The molecule has 2 aromatic carbocycles. The molecule has 0 unspecified atom stereocenters. The van der Waals surface area contributed by atoms with Gasteiger partial charge >= 0.3 is 0 Å². The molecule has 3 heteroatoms. The number of aromatic nitrogens is 1. The van der Waals surface area contributed by atoms with E-state index in [1.54, 1.807) is 4.57 Å². The summed E-state index contributed by atoms with van der Waals surface area (Å²) in [6.07, 6.45) is 2.75. The number of para-hydroxylation sites is 1. The molecule has 1 aliphatic rings. The zero-order valence-corrected chi connectivity index (χ0v) is 13.9. The maximum Gasteiger partial charge on any atom is 0.235 e. The average Bonchev–Trinajstić information content (AvgIpc) is 3.15. The van der Waals surface area contributed by atoms with Crippen LogP contribution < -0.4 is 0 Å². The molecule has 0 amide bonds. The Labute approximate surface area is 146 Å². The predicted molar refractivity (Wildman–Crippen MR) is 99.0 cm³/mol. The molecule has 0 aliphatic carbocycles. The maximum absolute atomic E-state index is 13.0. The number of benzene rings is 2. The minimum Gasteiger partial charge on any atom is -0.294 e. The van der Waals surface area contributed by atoms with Crippen LogP contribution in [0.4, 0.5) is 0 Å². The summed E-state index contributed by atoms with van der Waals surface area (Å²) in [5, 5.41) is 1.07. The number of carbonyl (C=O) groups is 2. The molecule has 2 atom stereocenters. The molecule has 3 aromatic rings. The smallest absolute Gasteiger partial charge is 0.235 e. The van der Waals surface area contributed by atoms with Gasteiger partial charge in [0.15, 0.2) is 5.78 Å². The van der Waals surface area contributed by atoms with Gasteiger partial charge in [-0.3, -0.25) is 14.2 Å². The normalized spacial score (nSPS) is 19.1. The van der Waals surface area contributed by atoms with E-state index in [1.165, 1.54) is 0 Å². The van der Waals surface area contributed by atoms with Crippen molar-refractivity contribution in [3.63, 3.8) is 0 Å². The minimum atomic E-state index is -0.218. The number of hydrogen-bond acceptors (Lipinski definition) is 2. The predicted octanol–water partition coefficient (Wildman–Crippen LogP) is 4.84. The summed E-state index contributed by atoms with van der Waals surface area (Å²) in [5.74, 6) is -0.104. The number of carbonyl (C=O) groups excluding carboxylic acids is 2. The number of allylic oxidation sites excluding steroid dienone is 1. The Kier molecular flexibility index (Phi) is 3.85. The van der Waals surface area contributed by atoms with Crippen molar-refractivity contribution < 1.29 is 9.59 Å². The Morgan fingerprint density at radius 3 is 2.56 bits per heavy atom. The molecule has 0 N–H and O–H groups in total. The second-order valence-electron chi connectivity index (χ2n) is 6.50. The third kappa shape index (κ3) is 2.52. The van der Waals surface area contributed by atoms with Gasteiger partial charge in [0.1, 0.15) is 0 Å². The monoisotopic (exact) mass is 329 g/mol. The van der Waals surface area contributed by atoms with Gasteiger partial charge in [-0.25, -0.2) is 0 Å². The van der Waals surface area contributed by atoms with Gasteiger partial charge in [-0.15, -0.1) is 6.58 Å². The maximum atomic E-state index is 13.0. The highest BCUT2D eigenvalue weighted by molar-refractivity contribution is 5.99.